The molecule has 1 aliphatic rings. The van der Waals surface area contributed by atoms with Gasteiger partial charge < -0.3 is 9.47 Å². The van der Waals surface area contributed by atoms with E-state index in [1.54, 1.807) is 12.3 Å². The van der Waals surface area contributed by atoms with Crippen LogP contribution in [-0.4, -0.2) is 22.7 Å². The fourth-order valence-corrected chi connectivity index (χ4v) is 1.77. The predicted molar refractivity (Wildman–Crippen MR) is 56.1 cm³/mol. The van der Waals surface area contributed by atoms with Crippen LogP contribution in [0.25, 0.3) is 0 Å². The molecule has 0 bridgehead atoms. The van der Waals surface area contributed by atoms with Crippen molar-refractivity contribution in [3.8, 4) is 11.9 Å². The van der Waals surface area contributed by atoms with Gasteiger partial charge in [-0.25, -0.2) is 4.98 Å². The highest BCUT2D eigenvalue weighted by Crippen LogP contribution is 2.22. The molecule has 4 nitrogen and oxygen atoms in total. The molecular weight excluding hydrogens is 192 g/mol. The Labute approximate surface area is 89.6 Å². The molecule has 0 saturated heterocycles. The van der Waals surface area contributed by atoms with Gasteiger partial charge in [0, 0.05) is 12.3 Å². The van der Waals surface area contributed by atoms with Crippen molar-refractivity contribution in [3.05, 3.63) is 12.3 Å². The van der Waals surface area contributed by atoms with Crippen molar-refractivity contribution in [1.82, 2.24) is 9.97 Å². The van der Waals surface area contributed by atoms with Gasteiger partial charge in [-0.2, -0.15) is 4.98 Å². The van der Waals surface area contributed by atoms with Crippen molar-refractivity contribution in [2.24, 2.45) is 0 Å². The number of hydrogen-bond donors (Lipinski definition) is 0. The van der Waals surface area contributed by atoms with Crippen molar-refractivity contribution < 1.29 is 9.47 Å². The van der Waals surface area contributed by atoms with E-state index < -0.39 is 0 Å². The Bertz CT molecular complexity index is 311. The van der Waals surface area contributed by atoms with E-state index in [0.717, 1.165) is 12.8 Å². The Balaban J connectivity index is 1.97. The van der Waals surface area contributed by atoms with Crippen LogP contribution in [0.4, 0.5) is 0 Å². The lowest BCUT2D eigenvalue weighted by atomic mass is 10.3. The van der Waals surface area contributed by atoms with E-state index >= 15 is 0 Å². The predicted octanol–water partition coefficient (Wildman–Crippen LogP) is 2.20. The SMILES string of the molecule is CCOc1ccnc(OC2CCCC2)n1. The molecule has 0 amide bonds. The summed E-state index contributed by atoms with van der Waals surface area (Å²) >= 11 is 0. The maximum Gasteiger partial charge on any atom is 0.319 e. The molecule has 15 heavy (non-hydrogen) atoms. The van der Waals surface area contributed by atoms with Gasteiger partial charge in [-0.1, -0.05) is 0 Å². The fraction of sp³-hybridized carbons (Fsp3) is 0.636. The Morgan fingerprint density at radius 1 is 1.40 bits per heavy atom. The summed E-state index contributed by atoms with van der Waals surface area (Å²) in [5.74, 6) is 0.584. The first-order valence-electron chi connectivity index (χ1n) is 5.51. The van der Waals surface area contributed by atoms with Crippen LogP contribution in [0, 0.1) is 0 Å². The molecule has 0 radical (unpaired) electrons. The summed E-state index contributed by atoms with van der Waals surface area (Å²) in [7, 11) is 0. The number of nitrogens with zero attached hydrogens (tertiary/aromatic N) is 2. The summed E-state index contributed by atoms with van der Waals surface area (Å²) < 4.78 is 10.9. The highest BCUT2D eigenvalue weighted by Gasteiger charge is 2.17. The normalized spacial score (nSPS) is 16.6. The topological polar surface area (TPSA) is 44.2 Å². The van der Waals surface area contributed by atoms with E-state index in [1.165, 1.54) is 12.8 Å². The molecule has 2 rings (SSSR count). The van der Waals surface area contributed by atoms with Crippen LogP contribution in [0.2, 0.25) is 0 Å². The summed E-state index contributed by atoms with van der Waals surface area (Å²) in [4.78, 5) is 8.24. The van der Waals surface area contributed by atoms with E-state index in [-0.39, 0.29) is 0 Å². The van der Waals surface area contributed by atoms with E-state index in [2.05, 4.69) is 9.97 Å². The third-order valence-electron chi connectivity index (χ3n) is 2.47. The maximum atomic E-state index is 5.66. The van der Waals surface area contributed by atoms with Gasteiger partial charge in [-0.15, -0.1) is 0 Å². The van der Waals surface area contributed by atoms with Gasteiger partial charge in [0.25, 0.3) is 0 Å². The summed E-state index contributed by atoms with van der Waals surface area (Å²) in [6.45, 7) is 2.54. The van der Waals surface area contributed by atoms with Crippen molar-refractivity contribution in [3.63, 3.8) is 0 Å². The molecule has 1 aliphatic carbocycles. The second-order valence-electron chi connectivity index (χ2n) is 3.63. The monoisotopic (exact) mass is 208 g/mol. The van der Waals surface area contributed by atoms with Crippen LogP contribution in [-0.2, 0) is 0 Å². The van der Waals surface area contributed by atoms with E-state index in [9.17, 15) is 0 Å². The van der Waals surface area contributed by atoms with Crippen molar-refractivity contribution in [1.29, 1.82) is 0 Å². The van der Waals surface area contributed by atoms with Gasteiger partial charge in [-0.3, -0.25) is 0 Å². The second kappa shape index (κ2) is 4.96. The van der Waals surface area contributed by atoms with Crippen LogP contribution in [0.3, 0.4) is 0 Å². The zero-order valence-electron chi connectivity index (χ0n) is 8.98. The van der Waals surface area contributed by atoms with Crippen LogP contribution in [0.1, 0.15) is 32.6 Å². The zero-order chi connectivity index (χ0) is 10.5. The van der Waals surface area contributed by atoms with E-state index in [0.29, 0.717) is 24.6 Å². The Morgan fingerprint density at radius 3 is 2.93 bits per heavy atom. The van der Waals surface area contributed by atoms with Gasteiger partial charge in [0.2, 0.25) is 5.88 Å². The molecule has 82 valence electrons. The van der Waals surface area contributed by atoms with Gasteiger partial charge in [0.15, 0.2) is 0 Å². The molecule has 1 heterocycles. The molecule has 4 heteroatoms. The Hall–Kier alpha value is -1.32. The smallest absolute Gasteiger partial charge is 0.319 e. The molecule has 0 aromatic carbocycles. The standard InChI is InChI=1S/C11H16N2O2/c1-2-14-10-7-8-12-11(13-10)15-9-5-3-4-6-9/h7-9H,2-6H2,1H3. The maximum absolute atomic E-state index is 5.66. The summed E-state index contributed by atoms with van der Waals surface area (Å²) in [6.07, 6.45) is 6.68. The van der Waals surface area contributed by atoms with Gasteiger partial charge in [0.05, 0.1) is 6.61 Å². The lowest BCUT2D eigenvalue weighted by Crippen LogP contribution is -2.13. The average Bonchev–Trinajstić information content (AvgIpc) is 2.71. The minimum absolute atomic E-state index is 0.293. The van der Waals surface area contributed by atoms with Crippen LogP contribution in [0.5, 0.6) is 11.9 Å². The molecular formula is C11H16N2O2. The van der Waals surface area contributed by atoms with Crippen LogP contribution < -0.4 is 9.47 Å². The Kier molecular flexibility index (Phi) is 3.37. The minimum Gasteiger partial charge on any atom is -0.478 e. The molecule has 0 unspecified atom stereocenters. The van der Waals surface area contributed by atoms with Gasteiger partial charge >= 0.3 is 6.01 Å². The minimum atomic E-state index is 0.293. The molecule has 0 N–H and O–H groups in total. The second-order valence-corrected chi connectivity index (χ2v) is 3.63. The number of rotatable bonds is 4. The zero-order valence-corrected chi connectivity index (χ0v) is 8.98. The number of ether oxygens (including phenoxy) is 2. The molecule has 0 atom stereocenters. The lowest BCUT2D eigenvalue weighted by Gasteiger charge is -2.11. The third-order valence-corrected chi connectivity index (χ3v) is 2.47. The average molecular weight is 208 g/mol. The fourth-order valence-electron chi connectivity index (χ4n) is 1.77. The highest BCUT2D eigenvalue weighted by atomic mass is 16.5. The quantitative estimate of drug-likeness (QED) is 0.760. The molecule has 0 spiro atoms. The first kappa shape index (κ1) is 10.2. The van der Waals surface area contributed by atoms with Crippen molar-refractivity contribution >= 4 is 0 Å². The highest BCUT2D eigenvalue weighted by molar-refractivity contribution is 5.11. The van der Waals surface area contributed by atoms with E-state index in [1.807, 2.05) is 6.92 Å². The van der Waals surface area contributed by atoms with Gasteiger partial charge in [-0.05, 0) is 32.6 Å². The molecule has 0 aliphatic heterocycles. The number of hydrogen-bond acceptors (Lipinski definition) is 4. The molecule has 1 aromatic heterocycles. The first-order chi connectivity index (χ1) is 7.38. The Morgan fingerprint density at radius 2 is 2.20 bits per heavy atom. The summed E-state index contributed by atoms with van der Waals surface area (Å²) in [6, 6.07) is 2.18. The molecule has 1 fully saturated rings. The lowest BCUT2D eigenvalue weighted by molar-refractivity contribution is 0.188. The number of aromatic nitrogens is 2. The van der Waals surface area contributed by atoms with Crippen LogP contribution >= 0.6 is 0 Å². The molecule has 1 aromatic rings. The van der Waals surface area contributed by atoms with Gasteiger partial charge in [0.1, 0.15) is 6.10 Å². The summed E-state index contributed by atoms with van der Waals surface area (Å²) in [5.41, 5.74) is 0. The third kappa shape index (κ3) is 2.81. The van der Waals surface area contributed by atoms with Crippen molar-refractivity contribution in [2.45, 2.75) is 38.7 Å². The summed E-state index contributed by atoms with van der Waals surface area (Å²) in [5, 5.41) is 0. The van der Waals surface area contributed by atoms with Crippen molar-refractivity contribution in [2.75, 3.05) is 6.61 Å². The van der Waals surface area contributed by atoms with Crippen LogP contribution in [0.15, 0.2) is 12.3 Å². The molecule has 1 saturated carbocycles. The first-order valence-corrected chi connectivity index (χ1v) is 5.51. The van der Waals surface area contributed by atoms with E-state index in [4.69, 9.17) is 9.47 Å². The largest absolute Gasteiger partial charge is 0.478 e.